The molecule has 13 heteroatoms. The van der Waals surface area contributed by atoms with E-state index >= 15 is 17.6 Å². The maximum Gasteiger partial charge on any atom is 0.204 e. The molecule has 4 aromatic carbocycles. The smallest absolute Gasteiger partial charge is 0.204 e. The van der Waals surface area contributed by atoms with Gasteiger partial charge in [-0.05, 0) is 48.2 Å². The Balaban J connectivity index is 2.16. The Labute approximate surface area is 292 Å². The Morgan fingerprint density at radius 2 is 0.725 bits per heavy atom. The largest absolute Gasteiger partial charge is 0.492 e. The molecule has 0 amide bonds. The molecule has 0 saturated carbocycles. The summed E-state index contributed by atoms with van der Waals surface area (Å²) in [6.07, 6.45) is 1.37. The molecule has 0 bridgehead atoms. The minimum absolute atomic E-state index is 0.0353. The Kier molecular flexibility index (Phi) is 10.9. The first kappa shape index (κ1) is 37.5. The molecule has 0 aromatic heterocycles. The molecule has 0 spiro atoms. The highest BCUT2D eigenvalue weighted by Gasteiger charge is 2.43. The van der Waals surface area contributed by atoms with Gasteiger partial charge in [-0.25, -0.2) is 26.3 Å². The van der Waals surface area contributed by atoms with Gasteiger partial charge in [-0.15, -0.1) is 0 Å². The second kappa shape index (κ2) is 14.8. The zero-order valence-corrected chi connectivity index (χ0v) is 29.7. The number of ether oxygens (including phenoxy) is 6. The lowest BCUT2D eigenvalue weighted by Gasteiger charge is -2.39. The third kappa shape index (κ3) is 6.15. The number of fused-ring (bicyclic) bond motifs is 3. The van der Waals surface area contributed by atoms with Crippen LogP contribution in [0.2, 0.25) is 0 Å². The van der Waals surface area contributed by atoms with Crippen molar-refractivity contribution >= 4 is 0 Å². The van der Waals surface area contributed by atoms with E-state index in [1.54, 1.807) is 0 Å². The summed E-state index contributed by atoms with van der Waals surface area (Å²) >= 11 is 0. The third-order valence-corrected chi connectivity index (χ3v) is 9.34. The maximum atomic E-state index is 15.0. The highest BCUT2D eigenvalue weighted by atomic mass is 19.2. The predicted molar refractivity (Wildman–Crippen MR) is 180 cm³/mol. The second-order valence-corrected chi connectivity index (χ2v) is 12.3. The van der Waals surface area contributed by atoms with Gasteiger partial charge in [0.2, 0.25) is 11.5 Å². The highest BCUT2D eigenvalue weighted by molar-refractivity contribution is 5.98. The van der Waals surface area contributed by atoms with Crippen molar-refractivity contribution in [2.75, 3.05) is 55.7 Å². The van der Waals surface area contributed by atoms with Gasteiger partial charge < -0.3 is 32.9 Å². The molecule has 1 aliphatic heterocycles. The fourth-order valence-corrected chi connectivity index (χ4v) is 7.57. The second-order valence-electron chi connectivity index (χ2n) is 12.3. The van der Waals surface area contributed by atoms with E-state index in [0.717, 1.165) is 24.3 Å². The SMILES string of the molecule is CCC[N+]1(CCC)Cc2c(-c3cc(F)c(F)c(F)c3)c(OC)c(OC)c(OC)c2-c2c(c(-c3cc(F)c(F)c(F)c3)c(OC)c(OC)c2OC)C1. The number of hydrogen-bond donors (Lipinski definition) is 0. The number of benzene rings is 4. The summed E-state index contributed by atoms with van der Waals surface area (Å²) in [6.45, 7) is 5.55. The van der Waals surface area contributed by atoms with Crippen LogP contribution in [0.25, 0.3) is 33.4 Å². The molecule has 0 radical (unpaired) electrons. The molecule has 51 heavy (non-hydrogen) atoms. The predicted octanol–water partition coefficient (Wildman–Crippen LogP) is 9.22. The van der Waals surface area contributed by atoms with Gasteiger partial charge in [0, 0.05) is 33.4 Å². The van der Waals surface area contributed by atoms with Crippen LogP contribution in [-0.2, 0) is 13.1 Å². The molecule has 4 aromatic rings. The van der Waals surface area contributed by atoms with E-state index in [4.69, 9.17) is 28.4 Å². The summed E-state index contributed by atoms with van der Waals surface area (Å²) in [5, 5.41) is 0. The molecule has 0 atom stereocenters. The van der Waals surface area contributed by atoms with Gasteiger partial charge >= 0.3 is 0 Å². The number of quaternary nitrogens is 1. The molecule has 0 aliphatic carbocycles. The third-order valence-electron chi connectivity index (χ3n) is 9.34. The standard InChI is InChI=1S/C38H40F6NO6/c1-9-11-45(12-10-2)17-21-27(19-13-23(39)31(43)24(40)14-19)33(46-3)37(50-7)35(48-5)29(21)30-22(18-45)28(20-15-25(41)32(44)26(42)16-20)34(47-4)38(51-8)36(30)49-6/h13-16H,9-12,17-18H2,1-8H3/q+1. The zero-order valence-electron chi connectivity index (χ0n) is 29.7. The molecule has 0 N–H and O–H groups in total. The van der Waals surface area contributed by atoms with Crippen LogP contribution >= 0.6 is 0 Å². The van der Waals surface area contributed by atoms with Gasteiger partial charge in [0.05, 0.1) is 55.7 Å². The lowest BCUT2D eigenvalue weighted by molar-refractivity contribution is -0.953. The van der Waals surface area contributed by atoms with E-state index in [2.05, 4.69) is 0 Å². The summed E-state index contributed by atoms with van der Waals surface area (Å²) in [7, 11) is 8.23. The minimum atomic E-state index is -1.64. The van der Waals surface area contributed by atoms with E-state index in [1.165, 1.54) is 42.7 Å². The van der Waals surface area contributed by atoms with Crippen LogP contribution in [0.1, 0.15) is 37.8 Å². The molecule has 1 aliphatic rings. The first-order valence-corrected chi connectivity index (χ1v) is 16.3. The van der Waals surface area contributed by atoms with E-state index in [-0.39, 0.29) is 69.8 Å². The van der Waals surface area contributed by atoms with E-state index in [9.17, 15) is 8.78 Å². The van der Waals surface area contributed by atoms with Crippen molar-refractivity contribution in [3.8, 4) is 67.9 Å². The van der Waals surface area contributed by atoms with E-state index in [1.807, 2.05) is 13.8 Å². The van der Waals surface area contributed by atoms with Crippen molar-refractivity contribution in [1.82, 2.24) is 0 Å². The molecule has 0 unspecified atom stereocenters. The van der Waals surface area contributed by atoms with Gasteiger partial charge in [0.25, 0.3) is 0 Å². The average Bonchev–Trinajstić information content (AvgIpc) is 3.24. The van der Waals surface area contributed by atoms with Gasteiger partial charge in [0.1, 0.15) is 13.1 Å². The van der Waals surface area contributed by atoms with Crippen LogP contribution in [-0.4, -0.2) is 60.2 Å². The van der Waals surface area contributed by atoms with Crippen molar-refractivity contribution in [3.63, 3.8) is 0 Å². The Hall–Kier alpha value is -4.78. The first-order chi connectivity index (χ1) is 24.4. The minimum Gasteiger partial charge on any atom is -0.492 e. The fourth-order valence-electron chi connectivity index (χ4n) is 7.57. The van der Waals surface area contributed by atoms with Crippen LogP contribution in [0.3, 0.4) is 0 Å². The van der Waals surface area contributed by atoms with Crippen LogP contribution in [0, 0.1) is 34.9 Å². The van der Waals surface area contributed by atoms with Crippen LogP contribution < -0.4 is 28.4 Å². The number of halogens is 6. The molecular formula is C38H40F6NO6+. The number of nitrogens with zero attached hydrogens (tertiary/aromatic N) is 1. The van der Waals surface area contributed by atoms with E-state index in [0.29, 0.717) is 52.7 Å². The zero-order chi connectivity index (χ0) is 37.4. The lowest BCUT2D eigenvalue weighted by Crippen LogP contribution is -2.47. The van der Waals surface area contributed by atoms with Crippen LogP contribution in [0.4, 0.5) is 26.3 Å². The van der Waals surface area contributed by atoms with Crippen molar-refractivity contribution < 1.29 is 59.2 Å². The highest BCUT2D eigenvalue weighted by Crippen LogP contribution is 2.62. The van der Waals surface area contributed by atoms with Crippen molar-refractivity contribution in [1.29, 1.82) is 0 Å². The number of methoxy groups -OCH3 is 6. The molecule has 274 valence electrons. The van der Waals surface area contributed by atoms with Gasteiger partial charge in [0.15, 0.2) is 57.9 Å². The van der Waals surface area contributed by atoms with Gasteiger partial charge in [-0.2, -0.15) is 0 Å². The van der Waals surface area contributed by atoms with Crippen LogP contribution in [0.15, 0.2) is 24.3 Å². The molecular weight excluding hydrogens is 680 g/mol. The van der Waals surface area contributed by atoms with Crippen LogP contribution in [0.5, 0.6) is 34.5 Å². The molecule has 0 saturated heterocycles. The molecule has 0 fully saturated rings. The number of rotatable bonds is 12. The summed E-state index contributed by atoms with van der Waals surface area (Å²) < 4.78 is 125. The van der Waals surface area contributed by atoms with E-state index < -0.39 is 34.9 Å². The first-order valence-electron chi connectivity index (χ1n) is 16.3. The summed E-state index contributed by atoms with van der Waals surface area (Å²) in [5.74, 6) is -8.47. The summed E-state index contributed by atoms with van der Waals surface area (Å²) in [4.78, 5) is 0. The quantitative estimate of drug-likeness (QED) is 0.0827. The molecule has 5 rings (SSSR count). The Bertz CT molecular complexity index is 1800. The fraction of sp³-hybridized carbons (Fsp3) is 0.368. The maximum absolute atomic E-state index is 15.0. The molecule has 1 heterocycles. The van der Waals surface area contributed by atoms with Crippen molar-refractivity contribution in [3.05, 3.63) is 70.3 Å². The monoisotopic (exact) mass is 720 g/mol. The molecule has 7 nitrogen and oxygen atoms in total. The van der Waals surface area contributed by atoms with Gasteiger partial charge in [-0.1, -0.05) is 13.8 Å². The van der Waals surface area contributed by atoms with Crippen molar-refractivity contribution in [2.45, 2.75) is 39.8 Å². The number of hydrogen-bond acceptors (Lipinski definition) is 6. The van der Waals surface area contributed by atoms with Crippen molar-refractivity contribution in [2.24, 2.45) is 0 Å². The lowest BCUT2D eigenvalue weighted by atomic mass is 9.85. The Morgan fingerprint density at radius 1 is 0.451 bits per heavy atom. The topological polar surface area (TPSA) is 55.4 Å². The Morgan fingerprint density at radius 3 is 0.980 bits per heavy atom. The summed E-state index contributed by atoms with van der Waals surface area (Å²) in [5.41, 5.74) is 1.92. The van der Waals surface area contributed by atoms with Gasteiger partial charge in [-0.3, -0.25) is 0 Å². The normalized spacial score (nSPS) is 13.2. The average molecular weight is 721 g/mol. The summed E-state index contributed by atoms with van der Waals surface area (Å²) in [6, 6.07) is 3.52.